The van der Waals surface area contributed by atoms with Crippen molar-refractivity contribution >= 4 is 5.97 Å². The smallest absolute Gasteiger partial charge is 0.339 e. The monoisotopic (exact) mass is 369 g/mol. The number of carbonyl (C=O) groups is 1. The molecule has 0 radical (unpaired) electrons. The minimum absolute atomic E-state index is 0.0222. The van der Waals surface area contributed by atoms with Crippen molar-refractivity contribution in [2.75, 3.05) is 6.61 Å². The Hall–Kier alpha value is -2.81. The number of aromatic nitrogens is 2. The van der Waals surface area contributed by atoms with Crippen molar-refractivity contribution in [1.29, 1.82) is 5.26 Å². The van der Waals surface area contributed by atoms with E-state index in [0.717, 1.165) is 0 Å². The summed E-state index contributed by atoms with van der Waals surface area (Å²) in [6.07, 6.45) is 2.04. The first kappa shape index (κ1) is 20.5. The summed E-state index contributed by atoms with van der Waals surface area (Å²) in [5, 5.41) is 23.4. The van der Waals surface area contributed by atoms with Gasteiger partial charge < -0.3 is 9.84 Å². The van der Waals surface area contributed by atoms with Gasteiger partial charge in [0.05, 0.1) is 23.6 Å². The van der Waals surface area contributed by atoms with Gasteiger partial charge in [-0.05, 0) is 35.4 Å². The molecule has 6 nitrogen and oxygen atoms in total. The molecule has 0 unspecified atom stereocenters. The van der Waals surface area contributed by atoms with Gasteiger partial charge in [-0.1, -0.05) is 41.5 Å². The summed E-state index contributed by atoms with van der Waals surface area (Å²) in [4.78, 5) is 11.6. The molecule has 1 N–H and O–H groups in total. The number of hydrogen-bond donors (Lipinski definition) is 1. The molecule has 1 aromatic carbocycles. The van der Waals surface area contributed by atoms with Crippen LogP contribution in [-0.2, 0) is 6.42 Å². The Labute approximate surface area is 160 Å². The van der Waals surface area contributed by atoms with Crippen LogP contribution in [0.3, 0.4) is 0 Å². The van der Waals surface area contributed by atoms with Crippen LogP contribution in [0.1, 0.15) is 63.2 Å². The highest BCUT2D eigenvalue weighted by Crippen LogP contribution is 2.26. The highest BCUT2D eigenvalue weighted by Gasteiger charge is 2.22. The Morgan fingerprint density at radius 2 is 1.89 bits per heavy atom. The first-order chi connectivity index (χ1) is 12.4. The Balaban J connectivity index is 2.39. The second-order valence-electron chi connectivity index (χ2n) is 9.12. The minimum atomic E-state index is -1.01. The van der Waals surface area contributed by atoms with Crippen molar-refractivity contribution in [3.05, 3.63) is 41.2 Å². The van der Waals surface area contributed by atoms with Gasteiger partial charge in [-0.25, -0.2) is 9.48 Å². The lowest BCUT2D eigenvalue weighted by molar-refractivity contribution is 0.0695. The van der Waals surface area contributed by atoms with E-state index in [1.807, 2.05) is 20.8 Å². The number of nitrogens with zero attached hydrogens (tertiary/aromatic N) is 3. The van der Waals surface area contributed by atoms with Crippen molar-refractivity contribution < 1.29 is 14.6 Å². The van der Waals surface area contributed by atoms with Crippen LogP contribution < -0.4 is 4.74 Å². The number of carboxylic acids is 1. The number of ether oxygens (including phenoxy) is 1. The van der Waals surface area contributed by atoms with Gasteiger partial charge in [0.15, 0.2) is 0 Å². The topological polar surface area (TPSA) is 88.1 Å². The van der Waals surface area contributed by atoms with E-state index in [9.17, 15) is 15.2 Å². The van der Waals surface area contributed by atoms with Crippen molar-refractivity contribution in [1.82, 2.24) is 9.78 Å². The highest BCUT2D eigenvalue weighted by atomic mass is 16.5. The second-order valence-corrected chi connectivity index (χ2v) is 9.12. The van der Waals surface area contributed by atoms with Gasteiger partial charge in [0.2, 0.25) is 0 Å². The van der Waals surface area contributed by atoms with Crippen LogP contribution in [-0.4, -0.2) is 27.5 Å². The van der Waals surface area contributed by atoms with Gasteiger partial charge in [-0.3, -0.25) is 0 Å². The van der Waals surface area contributed by atoms with E-state index in [1.54, 1.807) is 18.2 Å². The SMILES string of the molecule is CC(C)(C)COc1ccc(-n2cc(C(=O)O)c(CC(C)(C)C)n2)cc1C#N. The number of nitriles is 1. The van der Waals surface area contributed by atoms with E-state index in [4.69, 9.17) is 4.74 Å². The van der Waals surface area contributed by atoms with E-state index in [0.29, 0.717) is 35.7 Å². The Morgan fingerprint density at radius 1 is 1.22 bits per heavy atom. The molecule has 1 aromatic heterocycles. The molecule has 1 heterocycles. The zero-order valence-electron chi connectivity index (χ0n) is 16.8. The van der Waals surface area contributed by atoms with Crippen molar-refractivity contribution in [2.45, 2.75) is 48.0 Å². The number of carboxylic acid groups (broad SMARTS) is 1. The van der Waals surface area contributed by atoms with Gasteiger partial charge in [0.25, 0.3) is 0 Å². The zero-order valence-corrected chi connectivity index (χ0v) is 16.8. The van der Waals surface area contributed by atoms with E-state index in [2.05, 4.69) is 31.9 Å². The highest BCUT2D eigenvalue weighted by molar-refractivity contribution is 5.88. The van der Waals surface area contributed by atoms with Gasteiger partial charge in [0, 0.05) is 6.20 Å². The van der Waals surface area contributed by atoms with Gasteiger partial charge >= 0.3 is 5.97 Å². The molecule has 0 amide bonds. The zero-order chi connectivity index (χ0) is 20.4. The second kappa shape index (κ2) is 7.43. The maximum atomic E-state index is 11.6. The molecule has 2 rings (SSSR count). The fourth-order valence-electron chi connectivity index (χ4n) is 2.52. The minimum Gasteiger partial charge on any atom is -0.492 e. The summed E-state index contributed by atoms with van der Waals surface area (Å²) in [6.45, 7) is 12.8. The van der Waals surface area contributed by atoms with E-state index in [1.165, 1.54) is 10.9 Å². The first-order valence-electron chi connectivity index (χ1n) is 8.89. The van der Waals surface area contributed by atoms with Crippen LogP contribution in [0, 0.1) is 22.2 Å². The Morgan fingerprint density at radius 3 is 2.41 bits per heavy atom. The predicted molar refractivity (Wildman–Crippen MR) is 103 cm³/mol. The standard InChI is InChI=1S/C21H27N3O3/c1-20(2,3)10-17-16(19(25)26)12-24(23-17)15-7-8-18(14(9-15)11-22)27-13-21(4,5)6/h7-9,12H,10,13H2,1-6H3,(H,25,26). The van der Waals surface area contributed by atoms with Crippen LogP contribution in [0.25, 0.3) is 5.69 Å². The van der Waals surface area contributed by atoms with Crippen LogP contribution in [0.5, 0.6) is 5.75 Å². The third kappa shape index (κ3) is 5.58. The number of benzene rings is 1. The Kier molecular flexibility index (Phi) is 5.65. The van der Waals surface area contributed by atoms with Gasteiger partial charge in [0.1, 0.15) is 17.4 Å². The lowest BCUT2D eigenvalue weighted by Crippen LogP contribution is -2.17. The fraction of sp³-hybridized carbons (Fsp3) is 0.476. The molecule has 0 aliphatic rings. The van der Waals surface area contributed by atoms with Crippen LogP contribution in [0.15, 0.2) is 24.4 Å². The predicted octanol–water partition coefficient (Wildman–Crippen LogP) is 4.46. The summed E-state index contributed by atoms with van der Waals surface area (Å²) in [5.41, 5.74) is 1.61. The molecule has 27 heavy (non-hydrogen) atoms. The summed E-state index contributed by atoms with van der Waals surface area (Å²) in [7, 11) is 0. The normalized spacial score (nSPS) is 11.9. The molecular formula is C21H27N3O3. The third-order valence-corrected chi connectivity index (χ3v) is 3.73. The van der Waals surface area contributed by atoms with Crippen molar-refractivity contribution in [3.63, 3.8) is 0 Å². The number of hydrogen-bond acceptors (Lipinski definition) is 4. The average molecular weight is 369 g/mol. The lowest BCUT2D eigenvalue weighted by atomic mass is 9.89. The molecule has 0 atom stereocenters. The lowest BCUT2D eigenvalue weighted by Gasteiger charge is -2.19. The number of rotatable bonds is 5. The molecule has 0 saturated carbocycles. The largest absolute Gasteiger partial charge is 0.492 e. The summed E-state index contributed by atoms with van der Waals surface area (Å²) in [6, 6.07) is 7.31. The molecule has 0 aliphatic carbocycles. The summed E-state index contributed by atoms with van der Waals surface area (Å²) in [5.74, 6) is -0.497. The number of aromatic carboxylic acids is 1. The maximum absolute atomic E-state index is 11.6. The molecular weight excluding hydrogens is 342 g/mol. The molecule has 0 spiro atoms. The third-order valence-electron chi connectivity index (χ3n) is 3.73. The van der Waals surface area contributed by atoms with E-state index >= 15 is 0 Å². The van der Waals surface area contributed by atoms with Crippen molar-refractivity contribution in [3.8, 4) is 17.5 Å². The van der Waals surface area contributed by atoms with Crippen LogP contribution >= 0.6 is 0 Å². The molecule has 0 fully saturated rings. The fourth-order valence-corrected chi connectivity index (χ4v) is 2.52. The van der Waals surface area contributed by atoms with Crippen LogP contribution in [0.2, 0.25) is 0 Å². The van der Waals surface area contributed by atoms with E-state index in [-0.39, 0.29) is 16.4 Å². The molecule has 0 bridgehead atoms. The molecule has 2 aromatic rings. The summed E-state index contributed by atoms with van der Waals surface area (Å²) >= 11 is 0. The average Bonchev–Trinajstić information content (AvgIpc) is 2.94. The molecule has 6 heteroatoms. The molecule has 0 saturated heterocycles. The van der Waals surface area contributed by atoms with Crippen molar-refractivity contribution in [2.24, 2.45) is 10.8 Å². The van der Waals surface area contributed by atoms with E-state index < -0.39 is 5.97 Å². The molecule has 144 valence electrons. The van der Waals surface area contributed by atoms with Gasteiger partial charge in [-0.2, -0.15) is 10.4 Å². The van der Waals surface area contributed by atoms with Gasteiger partial charge in [-0.15, -0.1) is 0 Å². The summed E-state index contributed by atoms with van der Waals surface area (Å²) < 4.78 is 7.28. The Bertz CT molecular complexity index is 878. The molecule has 0 aliphatic heterocycles. The quantitative estimate of drug-likeness (QED) is 0.841. The maximum Gasteiger partial charge on any atom is 0.339 e. The first-order valence-corrected chi connectivity index (χ1v) is 8.89. The van der Waals surface area contributed by atoms with Crippen LogP contribution in [0.4, 0.5) is 0 Å².